The molecular formula is C44H81NO8. The standard InChI is InChI=1S/C44H81NO8/c1-4-7-10-13-16-17-21-29-40-52-44(48)53-41-30-23-25-34-45(35-36-46)33-24-18-22-26-37-49-42(47)31-32-43(50-38-27-19-14-11-8-5-2)51-39-28-20-15-12-9-6-3/h8-9,11-12,16-17,43,46H,4-7,10,13-15,18-41H2,1-3H3/b11-8-,12-9-,17-16-. The van der Waals surface area contributed by atoms with E-state index >= 15 is 0 Å². The van der Waals surface area contributed by atoms with Gasteiger partial charge in [0.1, 0.15) is 0 Å². The largest absolute Gasteiger partial charge is 0.508 e. The van der Waals surface area contributed by atoms with E-state index < -0.39 is 6.16 Å². The van der Waals surface area contributed by atoms with E-state index in [1.165, 1.54) is 19.3 Å². The normalized spacial score (nSPS) is 12.0. The summed E-state index contributed by atoms with van der Waals surface area (Å²) in [5.74, 6) is -0.190. The highest BCUT2D eigenvalue weighted by atomic mass is 16.7. The molecule has 0 atom stereocenters. The van der Waals surface area contributed by atoms with Crippen molar-refractivity contribution in [3.8, 4) is 0 Å². The molecule has 53 heavy (non-hydrogen) atoms. The third-order valence-corrected chi connectivity index (χ3v) is 8.79. The number of aliphatic hydroxyl groups is 1. The number of rotatable bonds is 40. The van der Waals surface area contributed by atoms with Crippen molar-refractivity contribution >= 4 is 12.1 Å². The van der Waals surface area contributed by atoms with Crippen LogP contribution >= 0.6 is 0 Å². The summed E-state index contributed by atoms with van der Waals surface area (Å²) in [7, 11) is 0. The zero-order valence-electron chi connectivity index (χ0n) is 34.4. The fourth-order valence-corrected chi connectivity index (χ4v) is 5.62. The summed E-state index contributed by atoms with van der Waals surface area (Å²) < 4.78 is 27.9. The quantitative estimate of drug-likeness (QED) is 0.0283. The Morgan fingerprint density at radius 3 is 1.57 bits per heavy atom. The third-order valence-electron chi connectivity index (χ3n) is 8.79. The van der Waals surface area contributed by atoms with E-state index in [9.17, 15) is 14.7 Å². The summed E-state index contributed by atoms with van der Waals surface area (Å²) in [5.41, 5.74) is 0. The van der Waals surface area contributed by atoms with Crippen LogP contribution in [0.25, 0.3) is 0 Å². The van der Waals surface area contributed by atoms with Gasteiger partial charge in [0.25, 0.3) is 0 Å². The maximum absolute atomic E-state index is 12.4. The molecule has 0 rings (SSSR count). The average Bonchev–Trinajstić information content (AvgIpc) is 3.16. The van der Waals surface area contributed by atoms with Gasteiger partial charge in [-0.1, -0.05) is 82.9 Å². The molecule has 0 aliphatic carbocycles. The van der Waals surface area contributed by atoms with Gasteiger partial charge in [0.15, 0.2) is 6.29 Å². The lowest BCUT2D eigenvalue weighted by Gasteiger charge is -2.21. The second-order valence-electron chi connectivity index (χ2n) is 13.8. The minimum Gasteiger partial charge on any atom is -0.466 e. The van der Waals surface area contributed by atoms with Crippen molar-refractivity contribution in [2.24, 2.45) is 0 Å². The van der Waals surface area contributed by atoms with Gasteiger partial charge >= 0.3 is 12.1 Å². The molecule has 0 aliphatic rings. The summed E-state index contributed by atoms with van der Waals surface area (Å²) >= 11 is 0. The van der Waals surface area contributed by atoms with Crippen LogP contribution in [-0.4, -0.2) is 87.7 Å². The molecule has 0 saturated carbocycles. The monoisotopic (exact) mass is 752 g/mol. The second kappa shape index (κ2) is 42.5. The molecule has 0 aromatic rings. The summed E-state index contributed by atoms with van der Waals surface area (Å²) in [5, 5.41) is 9.50. The molecule has 0 aromatic heterocycles. The number of allylic oxidation sites excluding steroid dienone is 6. The lowest BCUT2D eigenvalue weighted by molar-refractivity contribution is -0.159. The van der Waals surface area contributed by atoms with Crippen molar-refractivity contribution in [3.05, 3.63) is 36.5 Å². The molecule has 310 valence electrons. The van der Waals surface area contributed by atoms with Crippen LogP contribution in [0.5, 0.6) is 0 Å². The minimum absolute atomic E-state index is 0.143. The van der Waals surface area contributed by atoms with Gasteiger partial charge in [-0.15, -0.1) is 0 Å². The lowest BCUT2D eigenvalue weighted by atomic mass is 10.2. The van der Waals surface area contributed by atoms with Crippen LogP contribution in [0, 0.1) is 0 Å². The Morgan fingerprint density at radius 2 is 1.00 bits per heavy atom. The van der Waals surface area contributed by atoms with E-state index in [-0.39, 0.29) is 18.9 Å². The van der Waals surface area contributed by atoms with Crippen molar-refractivity contribution in [2.45, 2.75) is 175 Å². The Morgan fingerprint density at radius 1 is 0.528 bits per heavy atom. The maximum atomic E-state index is 12.4. The molecule has 0 aromatic carbocycles. The summed E-state index contributed by atoms with van der Waals surface area (Å²) in [6.45, 7) is 11.6. The molecule has 9 nitrogen and oxygen atoms in total. The number of unbranched alkanes of at least 4 members (excludes halogenated alkanes) is 13. The molecule has 0 aliphatic heterocycles. The van der Waals surface area contributed by atoms with Gasteiger partial charge in [-0.05, 0) is 122 Å². The maximum Gasteiger partial charge on any atom is 0.508 e. The predicted molar refractivity (Wildman–Crippen MR) is 218 cm³/mol. The summed E-state index contributed by atoms with van der Waals surface area (Å²) in [6, 6.07) is 0. The number of carbonyl (C=O) groups is 2. The first kappa shape index (κ1) is 50.8. The van der Waals surface area contributed by atoms with Crippen LogP contribution in [0.15, 0.2) is 36.5 Å². The number of nitrogens with zero attached hydrogens (tertiary/aromatic N) is 1. The molecule has 0 spiro atoms. The fraction of sp³-hybridized carbons (Fsp3) is 0.818. The van der Waals surface area contributed by atoms with Crippen molar-refractivity contribution in [2.75, 3.05) is 59.3 Å². The first-order valence-corrected chi connectivity index (χ1v) is 21.5. The average molecular weight is 752 g/mol. The zero-order chi connectivity index (χ0) is 38.7. The van der Waals surface area contributed by atoms with Crippen molar-refractivity contribution in [1.82, 2.24) is 4.90 Å². The second-order valence-corrected chi connectivity index (χ2v) is 13.8. The van der Waals surface area contributed by atoms with Crippen LogP contribution in [0.2, 0.25) is 0 Å². The Kier molecular flexibility index (Phi) is 40.8. The highest BCUT2D eigenvalue weighted by Crippen LogP contribution is 2.11. The molecule has 0 saturated heterocycles. The highest BCUT2D eigenvalue weighted by molar-refractivity contribution is 5.69. The Bertz CT molecular complexity index is 853. The van der Waals surface area contributed by atoms with Crippen molar-refractivity contribution < 1.29 is 38.4 Å². The van der Waals surface area contributed by atoms with Gasteiger partial charge in [-0.2, -0.15) is 0 Å². The third kappa shape index (κ3) is 39.3. The van der Waals surface area contributed by atoms with Gasteiger partial charge in [0, 0.05) is 26.2 Å². The Balaban J connectivity index is 4.02. The molecule has 0 amide bonds. The number of esters is 1. The number of hydrogen-bond acceptors (Lipinski definition) is 9. The van der Waals surface area contributed by atoms with Gasteiger partial charge in [-0.25, -0.2) is 4.79 Å². The van der Waals surface area contributed by atoms with Crippen molar-refractivity contribution in [1.29, 1.82) is 0 Å². The fourth-order valence-electron chi connectivity index (χ4n) is 5.62. The lowest BCUT2D eigenvalue weighted by Crippen LogP contribution is -2.29. The van der Waals surface area contributed by atoms with Crippen LogP contribution in [0.3, 0.4) is 0 Å². The van der Waals surface area contributed by atoms with E-state index in [0.717, 1.165) is 129 Å². The van der Waals surface area contributed by atoms with E-state index in [2.05, 4.69) is 62.1 Å². The van der Waals surface area contributed by atoms with Gasteiger partial charge < -0.3 is 33.7 Å². The molecule has 1 N–H and O–H groups in total. The molecule has 0 unspecified atom stereocenters. The molecule has 0 radical (unpaired) electrons. The predicted octanol–water partition coefficient (Wildman–Crippen LogP) is 11.0. The van der Waals surface area contributed by atoms with E-state index in [0.29, 0.717) is 52.4 Å². The van der Waals surface area contributed by atoms with Crippen LogP contribution in [-0.2, 0) is 28.5 Å². The SMILES string of the molecule is CC/C=C\CCCCOC(CCC(=O)OCCCCCCN(CCO)CCCCCOC(=O)OCCC/C=C\CCCCC)OCCCC/C=C\CC. The number of carbonyl (C=O) groups excluding carboxylic acids is 2. The first-order chi connectivity index (χ1) is 26.1. The molecule has 9 heteroatoms. The highest BCUT2D eigenvalue weighted by Gasteiger charge is 2.13. The molecule has 0 bridgehead atoms. The number of ether oxygens (including phenoxy) is 5. The minimum atomic E-state index is -0.578. The Hall–Kier alpha value is -2.20. The topological polar surface area (TPSA) is 104 Å². The van der Waals surface area contributed by atoms with E-state index in [1.54, 1.807) is 0 Å². The van der Waals surface area contributed by atoms with Gasteiger partial charge in [-0.3, -0.25) is 4.79 Å². The summed E-state index contributed by atoms with van der Waals surface area (Å²) in [6.07, 6.45) is 34.8. The van der Waals surface area contributed by atoms with E-state index in [4.69, 9.17) is 23.7 Å². The van der Waals surface area contributed by atoms with Crippen LogP contribution in [0.4, 0.5) is 4.79 Å². The zero-order valence-corrected chi connectivity index (χ0v) is 34.4. The number of hydrogen-bond donors (Lipinski definition) is 1. The van der Waals surface area contributed by atoms with Gasteiger partial charge in [0.2, 0.25) is 0 Å². The number of aliphatic hydroxyl groups excluding tert-OH is 1. The molecule has 0 fully saturated rings. The van der Waals surface area contributed by atoms with Crippen LogP contribution in [0.1, 0.15) is 168 Å². The summed E-state index contributed by atoms with van der Waals surface area (Å²) in [4.78, 5) is 26.5. The van der Waals surface area contributed by atoms with Gasteiger partial charge in [0.05, 0.1) is 32.8 Å². The first-order valence-electron chi connectivity index (χ1n) is 21.5. The van der Waals surface area contributed by atoms with Crippen LogP contribution < -0.4 is 0 Å². The van der Waals surface area contributed by atoms with Crippen molar-refractivity contribution in [3.63, 3.8) is 0 Å². The molecule has 0 heterocycles. The Labute approximate surface area is 325 Å². The molecular weight excluding hydrogens is 670 g/mol. The smallest absolute Gasteiger partial charge is 0.466 e. The van der Waals surface area contributed by atoms with E-state index in [1.807, 2.05) is 0 Å².